The van der Waals surface area contributed by atoms with Crippen LogP contribution in [0.3, 0.4) is 0 Å². The molecule has 2 aliphatic rings. The van der Waals surface area contributed by atoms with Crippen LogP contribution in [-0.2, 0) is 12.0 Å². The van der Waals surface area contributed by atoms with E-state index in [2.05, 4.69) is 35.5 Å². The summed E-state index contributed by atoms with van der Waals surface area (Å²) in [5, 5.41) is 7.33. The first-order valence-corrected chi connectivity index (χ1v) is 8.80. The number of para-hydroxylation sites is 1. The monoisotopic (exact) mass is 324 g/mol. The number of carbonyl (C=O) groups excluding carboxylic acids is 1. The van der Waals surface area contributed by atoms with E-state index in [0.29, 0.717) is 12.5 Å². The molecule has 2 heterocycles. The lowest BCUT2D eigenvalue weighted by Crippen LogP contribution is -2.46. The van der Waals surface area contributed by atoms with Gasteiger partial charge >= 0.3 is 6.03 Å². The third-order valence-electron chi connectivity index (χ3n) is 5.44. The van der Waals surface area contributed by atoms with Crippen molar-refractivity contribution >= 4 is 11.7 Å². The summed E-state index contributed by atoms with van der Waals surface area (Å²) in [6.45, 7) is 4.43. The van der Waals surface area contributed by atoms with Gasteiger partial charge in [-0.25, -0.2) is 4.79 Å². The standard InChI is InChI=1S/C19H24N4O/c1-15(13-22-11-5-10-21-22)12-20-18(24)23-14-19(8-4-9-19)16-6-2-3-7-17(16)23/h2-3,5-7,10-11,15H,4,8-9,12-14H2,1H3,(H,20,24). The fraction of sp³-hybridized carbons (Fsp3) is 0.474. The number of hydrogen-bond acceptors (Lipinski definition) is 2. The average molecular weight is 324 g/mol. The van der Waals surface area contributed by atoms with Crippen molar-refractivity contribution in [2.24, 2.45) is 5.92 Å². The van der Waals surface area contributed by atoms with Crippen molar-refractivity contribution in [3.8, 4) is 0 Å². The number of urea groups is 1. The van der Waals surface area contributed by atoms with Gasteiger partial charge in [0.1, 0.15) is 0 Å². The molecule has 24 heavy (non-hydrogen) atoms. The summed E-state index contributed by atoms with van der Waals surface area (Å²) < 4.78 is 1.91. The molecule has 126 valence electrons. The smallest absolute Gasteiger partial charge is 0.321 e. The quantitative estimate of drug-likeness (QED) is 0.939. The van der Waals surface area contributed by atoms with Crippen LogP contribution in [-0.4, -0.2) is 28.9 Å². The molecule has 4 rings (SSSR count). The molecule has 5 nitrogen and oxygen atoms in total. The van der Waals surface area contributed by atoms with Crippen molar-refractivity contribution in [3.05, 3.63) is 48.3 Å². The second-order valence-corrected chi connectivity index (χ2v) is 7.26. The lowest BCUT2D eigenvalue weighted by Gasteiger charge is -2.38. The van der Waals surface area contributed by atoms with E-state index in [1.165, 1.54) is 24.8 Å². The van der Waals surface area contributed by atoms with Crippen LogP contribution in [0.25, 0.3) is 0 Å². The molecule has 0 radical (unpaired) electrons. The summed E-state index contributed by atoms with van der Waals surface area (Å²) in [6, 6.07) is 10.3. The molecule has 1 aliphatic carbocycles. The molecule has 1 atom stereocenters. The van der Waals surface area contributed by atoms with E-state index in [-0.39, 0.29) is 11.4 Å². The van der Waals surface area contributed by atoms with Crippen LogP contribution in [0.15, 0.2) is 42.7 Å². The zero-order valence-corrected chi connectivity index (χ0v) is 14.1. The van der Waals surface area contributed by atoms with Crippen molar-refractivity contribution in [2.45, 2.75) is 38.1 Å². The number of hydrogen-bond donors (Lipinski definition) is 1. The Labute approximate surface area is 142 Å². The maximum Gasteiger partial charge on any atom is 0.321 e. The van der Waals surface area contributed by atoms with Crippen molar-refractivity contribution in [3.63, 3.8) is 0 Å². The summed E-state index contributed by atoms with van der Waals surface area (Å²) >= 11 is 0. The minimum Gasteiger partial charge on any atom is -0.337 e. The zero-order chi connectivity index (χ0) is 16.6. The second kappa shape index (κ2) is 5.96. The maximum absolute atomic E-state index is 12.7. The topological polar surface area (TPSA) is 50.2 Å². The Hall–Kier alpha value is -2.30. The zero-order valence-electron chi connectivity index (χ0n) is 14.1. The predicted molar refractivity (Wildman–Crippen MR) is 94.1 cm³/mol. The van der Waals surface area contributed by atoms with Crippen LogP contribution in [0.4, 0.5) is 10.5 Å². The van der Waals surface area contributed by atoms with E-state index in [1.807, 2.05) is 27.9 Å². The molecule has 1 aromatic heterocycles. The summed E-state index contributed by atoms with van der Waals surface area (Å²) in [5.41, 5.74) is 2.67. The molecule has 1 spiro atoms. The van der Waals surface area contributed by atoms with Crippen LogP contribution in [0.1, 0.15) is 31.7 Å². The minimum atomic E-state index is 0.0264. The van der Waals surface area contributed by atoms with Gasteiger partial charge in [0.25, 0.3) is 0 Å². The number of anilines is 1. The Kier molecular flexibility index (Phi) is 3.79. The number of aromatic nitrogens is 2. The number of amides is 2. The van der Waals surface area contributed by atoms with E-state index in [9.17, 15) is 4.79 Å². The van der Waals surface area contributed by atoms with Crippen LogP contribution >= 0.6 is 0 Å². The van der Waals surface area contributed by atoms with E-state index >= 15 is 0 Å². The molecular weight excluding hydrogens is 300 g/mol. The van der Waals surface area contributed by atoms with E-state index in [1.54, 1.807) is 6.20 Å². The Morgan fingerprint density at radius 1 is 1.33 bits per heavy atom. The maximum atomic E-state index is 12.7. The first-order chi connectivity index (χ1) is 11.7. The number of nitrogens with one attached hydrogen (secondary N) is 1. The van der Waals surface area contributed by atoms with Gasteiger partial charge in [-0.05, 0) is 36.5 Å². The number of rotatable bonds is 4. The third kappa shape index (κ3) is 2.58. The number of nitrogens with zero attached hydrogens (tertiary/aromatic N) is 3. The Bertz CT molecular complexity index is 721. The molecule has 1 aromatic carbocycles. The molecule has 0 bridgehead atoms. The highest BCUT2D eigenvalue weighted by atomic mass is 16.2. The van der Waals surface area contributed by atoms with Crippen molar-refractivity contribution in [2.75, 3.05) is 18.0 Å². The first kappa shape index (κ1) is 15.2. The fourth-order valence-electron chi connectivity index (χ4n) is 3.99. The summed E-state index contributed by atoms with van der Waals surface area (Å²) in [5.74, 6) is 0.337. The Morgan fingerprint density at radius 2 is 2.17 bits per heavy atom. The molecule has 2 amide bonds. The normalized spacial score (nSPS) is 19.0. The van der Waals surface area contributed by atoms with Gasteiger partial charge in [-0.1, -0.05) is 31.5 Å². The van der Waals surface area contributed by atoms with Crippen molar-refractivity contribution < 1.29 is 4.79 Å². The molecule has 2 aromatic rings. The lowest BCUT2D eigenvalue weighted by molar-refractivity contribution is 0.234. The molecule has 0 saturated heterocycles. The van der Waals surface area contributed by atoms with Crippen LogP contribution in [0, 0.1) is 5.92 Å². The Balaban J connectivity index is 1.40. The number of fused-ring (bicyclic) bond motifs is 2. The Morgan fingerprint density at radius 3 is 2.88 bits per heavy atom. The minimum absolute atomic E-state index is 0.0264. The van der Waals surface area contributed by atoms with E-state index in [4.69, 9.17) is 0 Å². The molecule has 1 aliphatic heterocycles. The molecule has 5 heteroatoms. The SMILES string of the molecule is CC(CNC(=O)N1CC2(CCC2)c2ccccc21)Cn1cccn1. The summed E-state index contributed by atoms with van der Waals surface area (Å²) in [6.07, 6.45) is 7.40. The van der Waals surface area contributed by atoms with E-state index < -0.39 is 0 Å². The number of carbonyl (C=O) groups is 1. The molecule has 1 fully saturated rings. The highest BCUT2D eigenvalue weighted by Gasteiger charge is 2.48. The van der Waals surface area contributed by atoms with Gasteiger partial charge in [-0.2, -0.15) is 5.10 Å². The largest absolute Gasteiger partial charge is 0.337 e. The number of benzene rings is 1. The molecule has 1 saturated carbocycles. The summed E-state index contributed by atoms with van der Waals surface area (Å²) in [4.78, 5) is 14.7. The van der Waals surface area contributed by atoms with Crippen LogP contribution in [0.5, 0.6) is 0 Å². The van der Waals surface area contributed by atoms with E-state index in [0.717, 1.165) is 18.8 Å². The van der Waals surface area contributed by atoms with Gasteiger partial charge in [0.05, 0.1) is 0 Å². The van der Waals surface area contributed by atoms with Gasteiger partial charge in [0, 0.05) is 43.1 Å². The second-order valence-electron chi connectivity index (χ2n) is 7.26. The van der Waals surface area contributed by atoms with Crippen molar-refractivity contribution in [1.29, 1.82) is 0 Å². The first-order valence-electron chi connectivity index (χ1n) is 8.80. The van der Waals surface area contributed by atoms with Crippen molar-refractivity contribution in [1.82, 2.24) is 15.1 Å². The molecular formula is C19H24N4O. The summed E-state index contributed by atoms with van der Waals surface area (Å²) in [7, 11) is 0. The van der Waals surface area contributed by atoms with Crippen LogP contribution < -0.4 is 10.2 Å². The van der Waals surface area contributed by atoms with Gasteiger partial charge in [-0.15, -0.1) is 0 Å². The molecule has 1 unspecified atom stereocenters. The molecule has 1 N–H and O–H groups in total. The van der Waals surface area contributed by atoms with Gasteiger partial charge < -0.3 is 5.32 Å². The fourth-order valence-corrected chi connectivity index (χ4v) is 3.99. The van der Waals surface area contributed by atoms with Gasteiger partial charge in [0.15, 0.2) is 0 Å². The van der Waals surface area contributed by atoms with Gasteiger partial charge in [-0.3, -0.25) is 9.58 Å². The highest BCUT2D eigenvalue weighted by molar-refractivity contribution is 5.95. The lowest BCUT2D eigenvalue weighted by atomic mass is 9.66. The van der Waals surface area contributed by atoms with Crippen LogP contribution in [0.2, 0.25) is 0 Å². The highest BCUT2D eigenvalue weighted by Crippen LogP contribution is 2.52. The third-order valence-corrected chi connectivity index (χ3v) is 5.44. The predicted octanol–water partition coefficient (Wildman–Crippen LogP) is 3.17. The van der Waals surface area contributed by atoms with Gasteiger partial charge in [0.2, 0.25) is 0 Å². The average Bonchev–Trinajstić information content (AvgIpc) is 3.17.